The molecule has 202 valence electrons. The predicted octanol–water partition coefficient (Wildman–Crippen LogP) is 3.77. The molecular weight excluding hydrogens is 487 g/mol. The molecule has 2 heterocycles. The third-order valence-corrected chi connectivity index (χ3v) is 6.39. The van der Waals surface area contributed by atoms with Gasteiger partial charge in [0.1, 0.15) is 23.9 Å². The maximum absolute atomic E-state index is 13.7. The minimum atomic E-state index is -0.427. The van der Waals surface area contributed by atoms with Crippen molar-refractivity contribution >= 4 is 11.8 Å². The number of benzene rings is 2. The minimum absolute atomic E-state index is 0.0627. The Hall–Kier alpha value is -3.79. The van der Waals surface area contributed by atoms with Gasteiger partial charge in [-0.3, -0.25) is 9.59 Å². The van der Waals surface area contributed by atoms with E-state index in [1.165, 1.54) is 16.8 Å². The number of hydrogen-bond donors (Lipinski definition) is 3. The van der Waals surface area contributed by atoms with Gasteiger partial charge in [0.2, 0.25) is 0 Å². The Balaban J connectivity index is 1.62. The van der Waals surface area contributed by atoms with E-state index in [0.717, 1.165) is 12.8 Å². The molecule has 4 rings (SSSR count). The molecule has 2 aromatic carbocycles. The Morgan fingerprint density at radius 1 is 1.08 bits per heavy atom. The fourth-order valence-corrected chi connectivity index (χ4v) is 5.22. The van der Waals surface area contributed by atoms with Crippen molar-refractivity contribution < 1.29 is 18.7 Å². The Morgan fingerprint density at radius 2 is 1.76 bits per heavy atom. The lowest BCUT2D eigenvalue weighted by molar-refractivity contribution is 0.0864. The van der Waals surface area contributed by atoms with Crippen LogP contribution in [0, 0.1) is 5.82 Å². The van der Waals surface area contributed by atoms with E-state index < -0.39 is 5.82 Å². The molecule has 0 radical (unpaired) electrons. The van der Waals surface area contributed by atoms with Crippen molar-refractivity contribution in [2.75, 3.05) is 6.54 Å². The van der Waals surface area contributed by atoms with Crippen LogP contribution in [0.4, 0.5) is 4.39 Å². The summed E-state index contributed by atoms with van der Waals surface area (Å²) >= 11 is 0. The van der Waals surface area contributed by atoms with Gasteiger partial charge in [0.15, 0.2) is 5.69 Å². The molecule has 3 N–H and O–H groups in total. The van der Waals surface area contributed by atoms with E-state index in [9.17, 15) is 14.0 Å². The Morgan fingerprint density at radius 3 is 2.39 bits per heavy atom. The van der Waals surface area contributed by atoms with E-state index in [1.807, 2.05) is 6.92 Å². The van der Waals surface area contributed by atoms with Gasteiger partial charge in [-0.2, -0.15) is 0 Å². The van der Waals surface area contributed by atoms with Crippen LogP contribution in [0.25, 0.3) is 5.69 Å². The molecule has 1 aromatic heterocycles. The number of hydrogen-bond acceptors (Lipinski definition) is 6. The number of nitrogens with zero attached hydrogens (tertiary/aromatic N) is 3. The number of carbonyl (C=O) groups is 2. The minimum Gasteiger partial charge on any atom is -0.487 e. The van der Waals surface area contributed by atoms with Gasteiger partial charge in [0, 0.05) is 35.3 Å². The number of halogens is 1. The summed E-state index contributed by atoms with van der Waals surface area (Å²) in [4.78, 5) is 25.6. The number of ether oxygens (including phenoxy) is 1. The first-order chi connectivity index (χ1) is 18.0. The van der Waals surface area contributed by atoms with Gasteiger partial charge < -0.3 is 20.7 Å². The monoisotopic (exact) mass is 522 g/mol. The maximum atomic E-state index is 13.7. The van der Waals surface area contributed by atoms with Gasteiger partial charge in [0.05, 0.1) is 5.69 Å². The highest BCUT2D eigenvalue weighted by molar-refractivity contribution is 5.94. The first-order valence-corrected chi connectivity index (χ1v) is 12.8. The molecule has 38 heavy (non-hydrogen) atoms. The Labute approximate surface area is 222 Å². The molecule has 0 spiro atoms. The van der Waals surface area contributed by atoms with Crippen molar-refractivity contribution in [3.63, 3.8) is 0 Å². The van der Waals surface area contributed by atoms with Crippen LogP contribution in [0.5, 0.6) is 5.75 Å². The highest BCUT2D eigenvalue weighted by Gasteiger charge is 2.38. The zero-order valence-electron chi connectivity index (χ0n) is 22.5. The van der Waals surface area contributed by atoms with E-state index >= 15 is 0 Å². The molecule has 1 fully saturated rings. The third kappa shape index (κ3) is 6.55. The number of carbonyl (C=O) groups excluding carboxylic acids is 2. The van der Waals surface area contributed by atoms with Gasteiger partial charge in [-0.05, 0) is 83.9 Å². The standard InChI is InChI=1S/C28H35FN6O3/c1-6-30-25(36)18-10-12-21(13-11-18)35-23(17-38-22-9-7-8-19(29)14-22)24(32-34-35)26(37)31-20-15-27(2,3)33-28(4,5)16-20/h7-14,20,33H,6,15-17H2,1-5H3,(H,30,36)(H,31,37). The number of rotatable bonds is 8. The topological polar surface area (TPSA) is 110 Å². The third-order valence-electron chi connectivity index (χ3n) is 6.39. The summed E-state index contributed by atoms with van der Waals surface area (Å²) in [7, 11) is 0. The molecular formula is C28H35FN6O3. The molecule has 1 aliphatic rings. The smallest absolute Gasteiger partial charge is 0.274 e. The van der Waals surface area contributed by atoms with Gasteiger partial charge in [0.25, 0.3) is 11.8 Å². The zero-order valence-corrected chi connectivity index (χ0v) is 22.5. The molecule has 9 nitrogen and oxygen atoms in total. The second kappa shape index (κ2) is 10.9. The van der Waals surface area contributed by atoms with Crippen molar-refractivity contribution in [2.24, 2.45) is 0 Å². The summed E-state index contributed by atoms with van der Waals surface area (Å²) in [5, 5.41) is 17.9. The first-order valence-electron chi connectivity index (χ1n) is 12.8. The lowest BCUT2D eigenvalue weighted by atomic mass is 9.79. The SMILES string of the molecule is CCNC(=O)c1ccc(-n2nnc(C(=O)NC3CC(C)(C)NC(C)(C)C3)c2COc2cccc(F)c2)cc1. The Bertz CT molecular complexity index is 1290. The average molecular weight is 523 g/mol. The van der Waals surface area contributed by atoms with E-state index in [4.69, 9.17) is 4.74 Å². The summed E-state index contributed by atoms with van der Waals surface area (Å²) in [6.07, 6.45) is 1.51. The Kier molecular flexibility index (Phi) is 7.82. The molecule has 0 atom stereocenters. The average Bonchev–Trinajstić information content (AvgIpc) is 3.25. The summed E-state index contributed by atoms with van der Waals surface area (Å²) in [6, 6.07) is 12.5. The van der Waals surface area contributed by atoms with Crippen LogP contribution in [0.3, 0.4) is 0 Å². The maximum Gasteiger partial charge on any atom is 0.274 e. The van der Waals surface area contributed by atoms with Crippen molar-refractivity contribution in [3.8, 4) is 11.4 Å². The molecule has 0 bridgehead atoms. The number of nitrogens with one attached hydrogen (secondary N) is 3. The lowest BCUT2D eigenvalue weighted by Crippen LogP contribution is -2.62. The fourth-order valence-electron chi connectivity index (χ4n) is 5.22. The largest absolute Gasteiger partial charge is 0.487 e. The van der Waals surface area contributed by atoms with Crippen LogP contribution in [-0.2, 0) is 6.61 Å². The van der Waals surface area contributed by atoms with Crippen LogP contribution in [0.1, 0.15) is 74.0 Å². The number of aromatic nitrogens is 3. The van der Waals surface area contributed by atoms with Crippen LogP contribution in [0.15, 0.2) is 48.5 Å². The first kappa shape index (κ1) is 27.3. The van der Waals surface area contributed by atoms with E-state index in [-0.39, 0.29) is 41.2 Å². The molecule has 10 heteroatoms. The molecule has 1 saturated heterocycles. The predicted molar refractivity (Wildman–Crippen MR) is 142 cm³/mol. The lowest BCUT2D eigenvalue weighted by Gasteiger charge is -2.46. The quantitative estimate of drug-likeness (QED) is 0.416. The number of amides is 2. The van der Waals surface area contributed by atoms with Crippen LogP contribution in [0.2, 0.25) is 0 Å². The van der Waals surface area contributed by atoms with E-state index in [1.54, 1.807) is 36.4 Å². The van der Waals surface area contributed by atoms with Gasteiger partial charge in [-0.25, -0.2) is 9.07 Å². The normalized spacial score (nSPS) is 16.6. The van der Waals surface area contributed by atoms with E-state index in [0.29, 0.717) is 29.2 Å². The van der Waals surface area contributed by atoms with Crippen molar-refractivity contribution in [1.29, 1.82) is 0 Å². The molecule has 0 saturated carbocycles. The highest BCUT2D eigenvalue weighted by atomic mass is 19.1. The second-order valence-corrected chi connectivity index (χ2v) is 10.9. The van der Waals surface area contributed by atoms with Crippen LogP contribution in [-0.4, -0.2) is 50.5 Å². The van der Waals surface area contributed by atoms with Crippen molar-refractivity contribution in [1.82, 2.24) is 30.9 Å². The van der Waals surface area contributed by atoms with Gasteiger partial charge in [-0.1, -0.05) is 11.3 Å². The summed E-state index contributed by atoms with van der Waals surface area (Å²) in [6.45, 7) is 10.8. The van der Waals surface area contributed by atoms with Gasteiger partial charge >= 0.3 is 0 Å². The van der Waals surface area contributed by atoms with Crippen LogP contribution >= 0.6 is 0 Å². The van der Waals surface area contributed by atoms with Crippen LogP contribution < -0.4 is 20.7 Å². The molecule has 1 aliphatic heterocycles. The second-order valence-electron chi connectivity index (χ2n) is 10.9. The molecule has 3 aromatic rings. The zero-order chi connectivity index (χ0) is 27.5. The van der Waals surface area contributed by atoms with E-state index in [2.05, 4.69) is 54.0 Å². The van der Waals surface area contributed by atoms with Crippen molar-refractivity contribution in [3.05, 3.63) is 71.3 Å². The summed E-state index contributed by atoms with van der Waals surface area (Å²) in [5.41, 5.74) is 1.35. The van der Waals surface area contributed by atoms with Gasteiger partial charge in [-0.15, -0.1) is 5.10 Å². The molecule has 0 unspecified atom stereocenters. The summed E-state index contributed by atoms with van der Waals surface area (Å²) < 4.78 is 21.1. The number of piperidine rings is 1. The highest BCUT2D eigenvalue weighted by Crippen LogP contribution is 2.29. The molecule has 0 aliphatic carbocycles. The fraction of sp³-hybridized carbons (Fsp3) is 0.429. The summed E-state index contributed by atoms with van der Waals surface area (Å²) in [5.74, 6) is -0.645. The molecule has 2 amide bonds. The van der Waals surface area contributed by atoms with Crippen molar-refractivity contribution in [2.45, 2.75) is 71.2 Å².